The van der Waals surface area contributed by atoms with E-state index in [9.17, 15) is 4.79 Å². The van der Waals surface area contributed by atoms with E-state index in [4.69, 9.17) is 32.9 Å². The fraction of sp³-hybridized carbons (Fsp3) is 0.192. The Labute approximate surface area is 216 Å². The van der Waals surface area contributed by atoms with E-state index in [1.807, 2.05) is 49.4 Å². The molecule has 174 valence electrons. The van der Waals surface area contributed by atoms with Crippen LogP contribution in [0.2, 0.25) is 10.0 Å². The number of ether oxygens (including phenoxy) is 1. The van der Waals surface area contributed by atoms with E-state index in [1.54, 1.807) is 24.4 Å². The maximum absolute atomic E-state index is 13.3. The molecule has 5 nitrogen and oxygen atoms in total. The minimum absolute atomic E-state index is 0.0664. The standard InChI is InChI=1S/C26H22BrCl2N3O2/c1-3-16(2)25-31-24-10-8-19(27)12-22(24)26(33)32(25)30-14-17-5-4-6-21(11-17)34-15-18-7-9-20(28)13-23(18)29/h4-14,16H,3,15H2,1-2H3/t16-/m0/s1. The molecule has 0 unspecified atom stereocenters. The van der Waals surface area contributed by atoms with Crippen molar-refractivity contribution in [2.24, 2.45) is 5.10 Å². The molecule has 34 heavy (non-hydrogen) atoms. The van der Waals surface area contributed by atoms with Gasteiger partial charge in [-0.05, 0) is 54.4 Å². The molecule has 0 N–H and O–H groups in total. The molecule has 8 heteroatoms. The predicted octanol–water partition coefficient (Wildman–Crippen LogP) is 7.44. The molecule has 0 fully saturated rings. The van der Waals surface area contributed by atoms with Crippen molar-refractivity contribution in [3.05, 3.63) is 102 Å². The second-order valence-corrected chi connectivity index (χ2v) is 9.66. The van der Waals surface area contributed by atoms with Crippen molar-refractivity contribution in [3.8, 4) is 5.75 Å². The Morgan fingerprint density at radius 1 is 1.15 bits per heavy atom. The second-order valence-electron chi connectivity index (χ2n) is 7.90. The third-order valence-corrected chi connectivity index (χ3v) is 6.56. The van der Waals surface area contributed by atoms with Gasteiger partial charge in [0.05, 0.1) is 17.1 Å². The maximum atomic E-state index is 13.3. The van der Waals surface area contributed by atoms with Crippen molar-refractivity contribution in [2.45, 2.75) is 32.8 Å². The summed E-state index contributed by atoms with van der Waals surface area (Å²) in [6, 6.07) is 18.3. The number of hydrogen-bond donors (Lipinski definition) is 0. The molecular formula is C26H22BrCl2N3O2. The van der Waals surface area contributed by atoms with Gasteiger partial charge in [-0.3, -0.25) is 4.79 Å². The van der Waals surface area contributed by atoms with Gasteiger partial charge in [-0.1, -0.05) is 71.2 Å². The van der Waals surface area contributed by atoms with E-state index in [0.717, 1.165) is 22.0 Å². The van der Waals surface area contributed by atoms with E-state index in [-0.39, 0.29) is 11.5 Å². The Morgan fingerprint density at radius 2 is 1.97 bits per heavy atom. The number of aromatic nitrogens is 2. The van der Waals surface area contributed by atoms with Gasteiger partial charge >= 0.3 is 0 Å². The molecule has 0 bridgehead atoms. The van der Waals surface area contributed by atoms with Crippen LogP contribution in [0.15, 0.2) is 75.0 Å². The second kappa shape index (κ2) is 10.7. The van der Waals surface area contributed by atoms with Gasteiger partial charge in [0.15, 0.2) is 0 Å². The van der Waals surface area contributed by atoms with Gasteiger partial charge in [0.25, 0.3) is 5.56 Å². The Hall–Kier alpha value is -2.67. The third-order valence-electron chi connectivity index (χ3n) is 5.48. The normalized spacial score (nSPS) is 12.4. The largest absolute Gasteiger partial charge is 0.489 e. The highest BCUT2D eigenvalue weighted by atomic mass is 79.9. The van der Waals surface area contributed by atoms with Crippen LogP contribution >= 0.6 is 39.1 Å². The van der Waals surface area contributed by atoms with Gasteiger partial charge in [0.2, 0.25) is 0 Å². The van der Waals surface area contributed by atoms with E-state index in [2.05, 4.69) is 28.0 Å². The van der Waals surface area contributed by atoms with Crippen molar-refractivity contribution in [3.63, 3.8) is 0 Å². The fourth-order valence-corrected chi connectivity index (χ4v) is 4.21. The van der Waals surface area contributed by atoms with E-state index < -0.39 is 0 Å². The van der Waals surface area contributed by atoms with Crippen LogP contribution in [0, 0.1) is 0 Å². The highest BCUT2D eigenvalue weighted by Crippen LogP contribution is 2.24. The SMILES string of the molecule is CC[C@H](C)c1nc2ccc(Br)cc2c(=O)n1N=Cc1cccc(OCc2ccc(Cl)cc2Cl)c1. The van der Waals surface area contributed by atoms with Gasteiger partial charge in [-0.2, -0.15) is 9.78 Å². The number of fused-ring (bicyclic) bond motifs is 1. The van der Waals surface area contributed by atoms with Gasteiger partial charge in [-0.15, -0.1) is 0 Å². The quantitative estimate of drug-likeness (QED) is 0.221. The zero-order valence-corrected chi connectivity index (χ0v) is 21.7. The van der Waals surface area contributed by atoms with Crippen molar-refractivity contribution in [2.75, 3.05) is 0 Å². The maximum Gasteiger partial charge on any atom is 0.282 e. The Bertz CT molecular complexity index is 1440. The molecule has 0 amide bonds. The average molecular weight is 559 g/mol. The zero-order valence-electron chi connectivity index (χ0n) is 18.6. The monoisotopic (exact) mass is 557 g/mol. The number of hydrogen-bond acceptors (Lipinski definition) is 4. The third kappa shape index (κ3) is 5.52. The lowest BCUT2D eigenvalue weighted by atomic mass is 10.1. The predicted molar refractivity (Wildman–Crippen MR) is 143 cm³/mol. The molecule has 0 saturated carbocycles. The lowest BCUT2D eigenvalue weighted by molar-refractivity contribution is 0.306. The van der Waals surface area contributed by atoms with Gasteiger partial charge in [0, 0.05) is 26.0 Å². The van der Waals surface area contributed by atoms with E-state index in [1.165, 1.54) is 4.68 Å². The molecule has 0 spiro atoms. The number of nitrogens with zero attached hydrogens (tertiary/aromatic N) is 3. The van der Waals surface area contributed by atoms with E-state index in [0.29, 0.717) is 39.1 Å². The van der Waals surface area contributed by atoms with Crippen LogP contribution in [0.3, 0.4) is 0 Å². The first-order valence-electron chi connectivity index (χ1n) is 10.8. The number of halogens is 3. The fourth-order valence-electron chi connectivity index (χ4n) is 3.39. The average Bonchev–Trinajstić information content (AvgIpc) is 2.83. The Morgan fingerprint density at radius 3 is 2.74 bits per heavy atom. The highest BCUT2D eigenvalue weighted by Gasteiger charge is 2.15. The van der Waals surface area contributed by atoms with Gasteiger partial charge in [-0.25, -0.2) is 4.98 Å². The van der Waals surface area contributed by atoms with Gasteiger partial charge in [0.1, 0.15) is 18.2 Å². The Kier molecular flexibility index (Phi) is 7.71. The van der Waals surface area contributed by atoms with Crippen LogP contribution in [-0.4, -0.2) is 15.9 Å². The molecule has 0 saturated heterocycles. The molecule has 1 aromatic heterocycles. The van der Waals surface area contributed by atoms with Gasteiger partial charge < -0.3 is 4.74 Å². The molecule has 4 rings (SSSR count). The lowest BCUT2D eigenvalue weighted by Gasteiger charge is -2.14. The highest BCUT2D eigenvalue weighted by molar-refractivity contribution is 9.10. The van der Waals surface area contributed by atoms with Crippen molar-refractivity contribution in [1.29, 1.82) is 0 Å². The molecule has 0 aliphatic carbocycles. The smallest absolute Gasteiger partial charge is 0.282 e. The van der Waals surface area contributed by atoms with Crippen LogP contribution in [0.4, 0.5) is 0 Å². The van der Waals surface area contributed by atoms with E-state index >= 15 is 0 Å². The number of benzene rings is 3. The molecule has 4 aromatic rings. The summed E-state index contributed by atoms with van der Waals surface area (Å²) in [5.74, 6) is 1.35. The van der Waals surface area contributed by atoms with Crippen LogP contribution in [-0.2, 0) is 6.61 Å². The summed E-state index contributed by atoms with van der Waals surface area (Å²) in [6.07, 6.45) is 2.47. The first-order valence-corrected chi connectivity index (χ1v) is 12.3. The summed E-state index contributed by atoms with van der Waals surface area (Å²) in [5.41, 5.74) is 2.08. The summed E-state index contributed by atoms with van der Waals surface area (Å²) in [5, 5.41) is 6.16. The van der Waals surface area contributed by atoms with Crippen molar-refractivity contribution in [1.82, 2.24) is 9.66 Å². The summed E-state index contributed by atoms with van der Waals surface area (Å²) < 4.78 is 8.11. The van der Waals surface area contributed by atoms with Crippen LogP contribution < -0.4 is 10.3 Å². The molecule has 1 atom stereocenters. The molecule has 0 aliphatic rings. The summed E-state index contributed by atoms with van der Waals surface area (Å²) in [4.78, 5) is 18.0. The summed E-state index contributed by atoms with van der Waals surface area (Å²) in [6.45, 7) is 4.40. The van der Waals surface area contributed by atoms with Crippen molar-refractivity contribution >= 4 is 56.2 Å². The zero-order chi connectivity index (χ0) is 24.2. The molecule has 3 aromatic carbocycles. The van der Waals surface area contributed by atoms with Crippen LogP contribution in [0.25, 0.3) is 10.9 Å². The number of rotatable bonds is 7. The molecule has 0 aliphatic heterocycles. The lowest BCUT2D eigenvalue weighted by Crippen LogP contribution is -2.23. The minimum Gasteiger partial charge on any atom is -0.489 e. The Balaban J connectivity index is 1.64. The first kappa shape index (κ1) is 24.5. The van der Waals surface area contributed by atoms with Crippen molar-refractivity contribution < 1.29 is 4.74 Å². The minimum atomic E-state index is -0.206. The molecular weight excluding hydrogens is 537 g/mol. The summed E-state index contributed by atoms with van der Waals surface area (Å²) in [7, 11) is 0. The first-order chi connectivity index (χ1) is 16.4. The summed E-state index contributed by atoms with van der Waals surface area (Å²) >= 11 is 15.6. The topological polar surface area (TPSA) is 56.5 Å². The molecule has 0 radical (unpaired) electrons. The molecule has 1 heterocycles. The van der Waals surface area contributed by atoms with Crippen LogP contribution in [0.5, 0.6) is 5.75 Å². The van der Waals surface area contributed by atoms with Crippen LogP contribution in [0.1, 0.15) is 43.1 Å².